The zero-order chi connectivity index (χ0) is 15.2. The van der Waals surface area contributed by atoms with Gasteiger partial charge in [-0.1, -0.05) is 18.2 Å². The SMILES string of the molecule is COc1ccccc1CC1CCN(CC2CCCNC2)CC1. The summed E-state index contributed by atoms with van der Waals surface area (Å²) in [6.45, 7) is 6.29. The van der Waals surface area contributed by atoms with Gasteiger partial charge in [-0.25, -0.2) is 0 Å². The Morgan fingerprint density at radius 2 is 1.95 bits per heavy atom. The topological polar surface area (TPSA) is 24.5 Å². The van der Waals surface area contributed by atoms with Crippen molar-refractivity contribution in [2.75, 3.05) is 39.8 Å². The maximum absolute atomic E-state index is 5.49. The normalized spacial score (nSPS) is 24.3. The van der Waals surface area contributed by atoms with Crippen LogP contribution in [0.25, 0.3) is 0 Å². The minimum Gasteiger partial charge on any atom is -0.496 e. The number of ether oxygens (including phenoxy) is 1. The number of nitrogens with zero attached hydrogens (tertiary/aromatic N) is 1. The predicted molar refractivity (Wildman–Crippen MR) is 91.5 cm³/mol. The highest BCUT2D eigenvalue weighted by Gasteiger charge is 2.23. The Morgan fingerprint density at radius 3 is 2.68 bits per heavy atom. The lowest BCUT2D eigenvalue weighted by atomic mass is 9.89. The maximum Gasteiger partial charge on any atom is 0.122 e. The molecule has 2 saturated heterocycles. The Kier molecular flexibility index (Phi) is 5.74. The number of hydrogen-bond donors (Lipinski definition) is 1. The van der Waals surface area contributed by atoms with Crippen LogP contribution in [0.1, 0.15) is 31.2 Å². The van der Waals surface area contributed by atoms with Gasteiger partial charge in [0.05, 0.1) is 7.11 Å². The standard InChI is InChI=1S/C19H30N2O/c1-22-19-7-3-2-6-18(19)13-16-8-11-21(12-9-16)15-17-5-4-10-20-14-17/h2-3,6-7,16-17,20H,4-5,8-15H2,1H3. The lowest BCUT2D eigenvalue weighted by Gasteiger charge is -2.35. The van der Waals surface area contributed by atoms with Gasteiger partial charge in [-0.3, -0.25) is 0 Å². The molecule has 0 radical (unpaired) electrons. The van der Waals surface area contributed by atoms with Gasteiger partial charge in [0.15, 0.2) is 0 Å². The number of piperidine rings is 2. The Balaban J connectivity index is 1.45. The quantitative estimate of drug-likeness (QED) is 0.905. The van der Waals surface area contributed by atoms with E-state index in [0.717, 1.165) is 17.6 Å². The highest BCUT2D eigenvalue weighted by atomic mass is 16.5. The number of hydrogen-bond acceptors (Lipinski definition) is 3. The summed E-state index contributed by atoms with van der Waals surface area (Å²) in [5.41, 5.74) is 1.37. The summed E-state index contributed by atoms with van der Waals surface area (Å²) in [7, 11) is 1.78. The molecule has 1 aromatic carbocycles. The minimum atomic E-state index is 0.817. The minimum absolute atomic E-state index is 0.817. The number of methoxy groups -OCH3 is 1. The molecule has 1 aromatic rings. The van der Waals surface area contributed by atoms with Gasteiger partial charge in [0.25, 0.3) is 0 Å². The second kappa shape index (κ2) is 7.98. The van der Waals surface area contributed by atoms with E-state index in [1.807, 2.05) is 0 Å². The molecule has 22 heavy (non-hydrogen) atoms. The molecule has 1 N–H and O–H groups in total. The van der Waals surface area contributed by atoms with E-state index in [4.69, 9.17) is 4.74 Å². The first-order chi connectivity index (χ1) is 10.8. The van der Waals surface area contributed by atoms with Crippen molar-refractivity contribution < 1.29 is 4.74 Å². The van der Waals surface area contributed by atoms with Crippen LogP contribution in [0.4, 0.5) is 0 Å². The van der Waals surface area contributed by atoms with Crippen molar-refractivity contribution in [2.24, 2.45) is 11.8 Å². The van der Waals surface area contributed by atoms with E-state index in [1.165, 1.54) is 70.4 Å². The summed E-state index contributed by atoms with van der Waals surface area (Å²) in [4.78, 5) is 2.69. The second-order valence-electron chi connectivity index (χ2n) is 6.97. The van der Waals surface area contributed by atoms with Gasteiger partial charge in [0.2, 0.25) is 0 Å². The molecule has 0 aromatic heterocycles. The number of likely N-dealkylation sites (tertiary alicyclic amines) is 1. The van der Waals surface area contributed by atoms with Crippen molar-refractivity contribution in [1.29, 1.82) is 0 Å². The van der Waals surface area contributed by atoms with Crippen molar-refractivity contribution in [3.05, 3.63) is 29.8 Å². The summed E-state index contributed by atoms with van der Waals surface area (Å²) in [5, 5.41) is 3.54. The van der Waals surface area contributed by atoms with Gasteiger partial charge in [0, 0.05) is 6.54 Å². The van der Waals surface area contributed by atoms with Crippen molar-refractivity contribution >= 4 is 0 Å². The lowest BCUT2D eigenvalue weighted by Crippen LogP contribution is -2.42. The highest BCUT2D eigenvalue weighted by Crippen LogP contribution is 2.27. The van der Waals surface area contributed by atoms with Crippen LogP contribution in [0, 0.1) is 11.8 Å². The smallest absolute Gasteiger partial charge is 0.122 e. The summed E-state index contributed by atoms with van der Waals surface area (Å²) < 4.78 is 5.49. The first kappa shape index (κ1) is 15.8. The van der Waals surface area contributed by atoms with Gasteiger partial charge in [-0.05, 0) is 81.7 Å². The Morgan fingerprint density at radius 1 is 1.14 bits per heavy atom. The monoisotopic (exact) mass is 302 g/mol. The van der Waals surface area contributed by atoms with Crippen molar-refractivity contribution in [2.45, 2.75) is 32.1 Å². The fourth-order valence-electron chi connectivity index (χ4n) is 4.00. The molecule has 2 aliphatic rings. The summed E-state index contributed by atoms with van der Waals surface area (Å²) in [6, 6.07) is 8.49. The van der Waals surface area contributed by atoms with Gasteiger partial charge >= 0.3 is 0 Å². The van der Waals surface area contributed by atoms with Crippen LogP contribution >= 0.6 is 0 Å². The third-order valence-electron chi connectivity index (χ3n) is 5.32. The molecule has 122 valence electrons. The number of benzene rings is 1. The van der Waals surface area contributed by atoms with E-state index in [1.54, 1.807) is 7.11 Å². The largest absolute Gasteiger partial charge is 0.496 e. The van der Waals surface area contributed by atoms with Crippen LogP contribution in [0.3, 0.4) is 0 Å². The Hall–Kier alpha value is -1.06. The zero-order valence-corrected chi connectivity index (χ0v) is 13.9. The predicted octanol–water partition coefficient (Wildman–Crippen LogP) is 2.95. The van der Waals surface area contributed by atoms with Crippen molar-refractivity contribution in [1.82, 2.24) is 10.2 Å². The number of para-hydroxylation sites is 1. The molecule has 2 aliphatic heterocycles. The van der Waals surface area contributed by atoms with Crippen molar-refractivity contribution in [3.8, 4) is 5.75 Å². The van der Waals surface area contributed by atoms with Crippen LogP contribution in [-0.2, 0) is 6.42 Å². The van der Waals surface area contributed by atoms with Gasteiger partial charge in [0.1, 0.15) is 5.75 Å². The summed E-state index contributed by atoms with van der Waals surface area (Å²) in [5.74, 6) is 2.75. The van der Waals surface area contributed by atoms with E-state index in [9.17, 15) is 0 Å². The summed E-state index contributed by atoms with van der Waals surface area (Å²) >= 11 is 0. The molecule has 3 nitrogen and oxygen atoms in total. The van der Waals surface area contributed by atoms with Crippen molar-refractivity contribution in [3.63, 3.8) is 0 Å². The van der Waals surface area contributed by atoms with Crippen LogP contribution in [-0.4, -0.2) is 44.7 Å². The third kappa shape index (κ3) is 4.23. The molecule has 0 saturated carbocycles. The molecule has 2 fully saturated rings. The molecule has 2 heterocycles. The average Bonchev–Trinajstić information content (AvgIpc) is 2.58. The molecule has 0 amide bonds. The molecule has 0 bridgehead atoms. The van der Waals surface area contributed by atoms with Crippen LogP contribution in [0.2, 0.25) is 0 Å². The molecular weight excluding hydrogens is 272 g/mol. The molecule has 1 atom stereocenters. The lowest BCUT2D eigenvalue weighted by molar-refractivity contribution is 0.149. The Labute approximate surface area is 135 Å². The van der Waals surface area contributed by atoms with E-state index >= 15 is 0 Å². The van der Waals surface area contributed by atoms with Gasteiger partial charge in [-0.15, -0.1) is 0 Å². The molecule has 0 aliphatic carbocycles. The van der Waals surface area contributed by atoms with E-state index in [0.29, 0.717) is 0 Å². The maximum atomic E-state index is 5.49. The molecular formula is C19H30N2O. The summed E-state index contributed by atoms with van der Waals surface area (Å²) in [6.07, 6.45) is 6.60. The fourth-order valence-corrected chi connectivity index (χ4v) is 4.00. The fraction of sp³-hybridized carbons (Fsp3) is 0.684. The number of nitrogens with one attached hydrogen (secondary N) is 1. The van der Waals surface area contributed by atoms with Gasteiger partial charge < -0.3 is 15.0 Å². The Bertz CT molecular complexity index is 449. The third-order valence-corrected chi connectivity index (χ3v) is 5.32. The molecule has 0 spiro atoms. The molecule has 1 unspecified atom stereocenters. The van der Waals surface area contributed by atoms with E-state index in [2.05, 4.69) is 34.5 Å². The van der Waals surface area contributed by atoms with Crippen LogP contribution in [0.5, 0.6) is 5.75 Å². The van der Waals surface area contributed by atoms with Crippen LogP contribution in [0.15, 0.2) is 24.3 Å². The van der Waals surface area contributed by atoms with Crippen LogP contribution < -0.4 is 10.1 Å². The van der Waals surface area contributed by atoms with E-state index in [-0.39, 0.29) is 0 Å². The molecule has 3 heteroatoms. The van der Waals surface area contributed by atoms with E-state index < -0.39 is 0 Å². The highest BCUT2D eigenvalue weighted by molar-refractivity contribution is 5.33. The molecule has 3 rings (SSSR count). The zero-order valence-electron chi connectivity index (χ0n) is 13.9. The number of rotatable bonds is 5. The first-order valence-corrected chi connectivity index (χ1v) is 8.90. The first-order valence-electron chi connectivity index (χ1n) is 8.90. The van der Waals surface area contributed by atoms with Gasteiger partial charge in [-0.2, -0.15) is 0 Å². The average molecular weight is 302 g/mol. The second-order valence-corrected chi connectivity index (χ2v) is 6.97.